The number of carbonyl (C=O) groups is 3. The van der Waals surface area contributed by atoms with E-state index in [2.05, 4.69) is 0 Å². The van der Waals surface area contributed by atoms with Gasteiger partial charge in [-0.05, 0) is 24.3 Å². The molecular weight excluding hydrogens is 286 g/mol. The van der Waals surface area contributed by atoms with Crippen molar-refractivity contribution >= 4 is 23.5 Å². The highest BCUT2D eigenvalue weighted by molar-refractivity contribution is 6.23. The van der Waals surface area contributed by atoms with E-state index in [0.29, 0.717) is 11.4 Å². The van der Waals surface area contributed by atoms with Gasteiger partial charge >= 0.3 is 5.97 Å². The number of anilines is 1. The highest BCUT2D eigenvalue weighted by Crippen LogP contribution is 2.46. The van der Waals surface area contributed by atoms with E-state index in [1.165, 1.54) is 11.8 Å². The van der Waals surface area contributed by atoms with Gasteiger partial charge in [0.25, 0.3) is 0 Å². The summed E-state index contributed by atoms with van der Waals surface area (Å²) in [4.78, 5) is 37.2. The van der Waals surface area contributed by atoms with Crippen LogP contribution in [0.1, 0.15) is 6.92 Å². The third kappa shape index (κ3) is 1.74. The van der Waals surface area contributed by atoms with E-state index >= 15 is 0 Å². The number of amides is 2. The van der Waals surface area contributed by atoms with Gasteiger partial charge in [0.15, 0.2) is 0 Å². The van der Waals surface area contributed by atoms with Crippen LogP contribution in [0.25, 0.3) is 0 Å². The molecule has 0 spiro atoms. The SMILES string of the molecule is CC(=O)Oc1ccc(N2C(=O)[C@@H]3[C@@H](C2=O)[C@@H]2C=C[C@@H]3O2)cc1. The maximum absolute atomic E-state index is 12.6. The highest BCUT2D eigenvalue weighted by Gasteiger charge is 2.60. The zero-order chi connectivity index (χ0) is 15.4. The predicted octanol–water partition coefficient (Wildman–Crippen LogP) is 1.05. The number of hydrogen-bond donors (Lipinski definition) is 0. The van der Waals surface area contributed by atoms with Gasteiger partial charge in [0.05, 0.1) is 29.7 Å². The molecule has 1 aromatic rings. The van der Waals surface area contributed by atoms with E-state index in [4.69, 9.17) is 9.47 Å². The first-order valence-electron chi connectivity index (χ1n) is 7.06. The summed E-state index contributed by atoms with van der Waals surface area (Å²) >= 11 is 0. The van der Waals surface area contributed by atoms with Gasteiger partial charge in [-0.3, -0.25) is 14.4 Å². The van der Waals surface area contributed by atoms with Crippen molar-refractivity contribution in [2.24, 2.45) is 11.8 Å². The first-order chi connectivity index (χ1) is 10.6. The molecule has 2 bridgehead atoms. The van der Waals surface area contributed by atoms with Crippen LogP contribution in [0.2, 0.25) is 0 Å². The topological polar surface area (TPSA) is 72.9 Å². The third-order valence-corrected chi connectivity index (χ3v) is 4.27. The summed E-state index contributed by atoms with van der Waals surface area (Å²) in [6.07, 6.45) is 3.11. The summed E-state index contributed by atoms with van der Waals surface area (Å²) in [7, 11) is 0. The number of carbonyl (C=O) groups excluding carboxylic acids is 3. The molecule has 0 unspecified atom stereocenters. The van der Waals surface area contributed by atoms with Crippen LogP contribution in [0.3, 0.4) is 0 Å². The normalized spacial score (nSPS) is 31.8. The zero-order valence-corrected chi connectivity index (χ0v) is 11.8. The lowest BCUT2D eigenvalue weighted by molar-refractivity contribution is -0.132. The van der Waals surface area contributed by atoms with E-state index in [0.717, 1.165) is 0 Å². The fourth-order valence-electron chi connectivity index (χ4n) is 3.39. The van der Waals surface area contributed by atoms with Crippen molar-refractivity contribution in [3.8, 4) is 5.75 Å². The Morgan fingerprint density at radius 2 is 1.59 bits per heavy atom. The van der Waals surface area contributed by atoms with Gasteiger partial charge in [-0.2, -0.15) is 0 Å². The number of rotatable bonds is 2. The first-order valence-corrected chi connectivity index (χ1v) is 7.06. The fourth-order valence-corrected chi connectivity index (χ4v) is 3.39. The number of benzene rings is 1. The summed E-state index contributed by atoms with van der Waals surface area (Å²) < 4.78 is 10.5. The average Bonchev–Trinajstić information content (AvgIpc) is 3.14. The summed E-state index contributed by atoms with van der Waals surface area (Å²) in [5.41, 5.74) is 0.486. The molecule has 4 rings (SSSR count). The lowest BCUT2D eigenvalue weighted by Gasteiger charge is -2.17. The van der Waals surface area contributed by atoms with Gasteiger partial charge in [0, 0.05) is 6.92 Å². The van der Waals surface area contributed by atoms with Crippen LogP contribution in [-0.4, -0.2) is 30.0 Å². The molecule has 3 heterocycles. The predicted molar refractivity (Wildman–Crippen MR) is 75.0 cm³/mol. The van der Waals surface area contributed by atoms with Gasteiger partial charge in [-0.1, -0.05) is 12.2 Å². The second-order valence-corrected chi connectivity index (χ2v) is 5.60. The molecule has 22 heavy (non-hydrogen) atoms. The van der Waals surface area contributed by atoms with Crippen molar-refractivity contribution < 1.29 is 23.9 Å². The molecule has 2 fully saturated rings. The number of esters is 1. The van der Waals surface area contributed by atoms with Crippen LogP contribution in [0.5, 0.6) is 5.75 Å². The molecule has 1 aromatic carbocycles. The minimum Gasteiger partial charge on any atom is -0.427 e. The maximum atomic E-state index is 12.6. The minimum atomic E-state index is -0.421. The Hall–Kier alpha value is -2.47. The molecule has 0 N–H and O–H groups in total. The Morgan fingerprint density at radius 1 is 1.05 bits per heavy atom. The van der Waals surface area contributed by atoms with Crippen LogP contribution in [0.4, 0.5) is 5.69 Å². The second kappa shape index (κ2) is 4.51. The number of ether oxygens (including phenoxy) is 2. The zero-order valence-electron chi connectivity index (χ0n) is 11.8. The number of imide groups is 1. The quantitative estimate of drug-likeness (QED) is 0.353. The van der Waals surface area contributed by atoms with Gasteiger partial charge in [0.1, 0.15) is 5.75 Å². The summed E-state index contributed by atoms with van der Waals surface area (Å²) in [6, 6.07) is 6.33. The van der Waals surface area contributed by atoms with Crippen molar-refractivity contribution in [1.29, 1.82) is 0 Å². The Kier molecular flexibility index (Phi) is 2.71. The van der Waals surface area contributed by atoms with Crippen LogP contribution in [0, 0.1) is 11.8 Å². The molecule has 6 nitrogen and oxygen atoms in total. The Bertz CT molecular complexity index is 678. The third-order valence-electron chi connectivity index (χ3n) is 4.27. The van der Waals surface area contributed by atoms with E-state index in [1.807, 2.05) is 12.2 Å². The average molecular weight is 299 g/mol. The molecule has 0 saturated carbocycles. The molecule has 0 radical (unpaired) electrons. The van der Waals surface area contributed by atoms with E-state index < -0.39 is 17.8 Å². The van der Waals surface area contributed by atoms with Crippen LogP contribution in [-0.2, 0) is 19.1 Å². The molecule has 4 atom stereocenters. The molecule has 0 aromatic heterocycles. The van der Waals surface area contributed by atoms with Gasteiger partial charge in [-0.25, -0.2) is 4.90 Å². The molecule has 2 saturated heterocycles. The van der Waals surface area contributed by atoms with E-state index in [-0.39, 0.29) is 24.0 Å². The first kappa shape index (κ1) is 13.2. The molecule has 112 valence electrons. The number of nitrogens with zero attached hydrogens (tertiary/aromatic N) is 1. The minimum absolute atomic E-state index is 0.230. The van der Waals surface area contributed by atoms with Crippen LogP contribution in [0.15, 0.2) is 36.4 Å². The van der Waals surface area contributed by atoms with Crippen molar-refractivity contribution in [3.63, 3.8) is 0 Å². The van der Waals surface area contributed by atoms with Crippen LogP contribution >= 0.6 is 0 Å². The van der Waals surface area contributed by atoms with Crippen LogP contribution < -0.4 is 9.64 Å². The lowest BCUT2D eigenvalue weighted by atomic mass is 9.85. The molecule has 3 aliphatic heterocycles. The molecule has 6 heteroatoms. The largest absolute Gasteiger partial charge is 0.427 e. The van der Waals surface area contributed by atoms with Crippen molar-refractivity contribution in [3.05, 3.63) is 36.4 Å². The fraction of sp³-hybridized carbons (Fsp3) is 0.312. The van der Waals surface area contributed by atoms with E-state index in [9.17, 15) is 14.4 Å². The Labute approximate surface area is 126 Å². The summed E-state index contributed by atoms with van der Waals surface area (Å²) in [6.45, 7) is 1.31. The Morgan fingerprint density at radius 3 is 2.09 bits per heavy atom. The monoisotopic (exact) mass is 299 g/mol. The second-order valence-electron chi connectivity index (χ2n) is 5.60. The Balaban J connectivity index is 1.62. The molecule has 3 aliphatic rings. The molecule has 2 amide bonds. The van der Waals surface area contributed by atoms with Crippen molar-refractivity contribution in [1.82, 2.24) is 0 Å². The number of fused-ring (bicyclic) bond motifs is 5. The molecule has 0 aliphatic carbocycles. The lowest BCUT2D eigenvalue weighted by Crippen LogP contribution is -2.34. The van der Waals surface area contributed by atoms with Crippen molar-refractivity contribution in [2.45, 2.75) is 19.1 Å². The van der Waals surface area contributed by atoms with Gasteiger partial charge in [0.2, 0.25) is 11.8 Å². The number of hydrogen-bond acceptors (Lipinski definition) is 5. The standard InChI is InChI=1S/C16H13NO5/c1-8(18)21-10-4-2-9(3-5-10)17-15(19)13-11-6-7-12(22-11)14(13)16(17)20/h2-7,11-14H,1H3/t11-,12-,13-,14-/m0/s1. The van der Waals surface area contributed by atoms with Crippen molar-refractivity contribution in [2.75, 3.05) is 4.90 Å². The summed E-state index contributed by atoms with van der Waals surface area (Å²) in [5.74, 6) is -1.35. The maximum Gasteiger partial charge on any atom is 0.308 e. The van der Waals surface area contributed by atoms with Gasteiger partial charge < -0.3 is 9.47 Å². The summed E-state index contributed by atoms with van der Waals surface area (Å²) in [5, 5.41) is 0. The molecular formula is C16H13NO5. The highest BCUT2D eigenvalue weighted by atomic mass is 16.5. The smallest absolute Gasteiger partial charge is 0.308 e. The van der Waals surface area contributed by atoms with E-state index in [1.54, 1.807) is 24.3 Å². The van der Waals surface area contributed by atoms with Gasteiger partial charge in [-0.15, -0.1) is 0 Å².